The Morgan fingerprint density at radius 1 is 1.57 bits per heavy atom. The molecule has 1 aromatic heterocycles. The molecule has 0 aliphatic rings. The zero-order valence-corrected chi connectivity index (χ0v) is 8.23. The first-order chi connectivity index (χ1) is 6.52. The number of carboxylic acids is 1. The molecule has 0 spiro atoms. The molecule has 0 saturated heterocycles. The molecule has 0 bridgehead atoms. The molecule has 0 radical (unpaired) electrons. The van der Waals surface area contributed by atoms with Gasteiger partial charge in [-0.3, -0.25) is 9.59 Å². The van der Waals surface area contributed by atoms with Crippen molar-refractivity contribution in [3.8, 4) is 0 Å². The normalized spacial score (nSPS) is 10.5. The summed E-state index contributed by atoms with van der Waals surface area (Å²) in [6.07, 6.45) is 1.45. The van der Waals surface area contributed by atoms with Crippen LogP contribution in [0.3, 0.4) is 0 Å². The largest absolute Gasteiger partial charge is 0.481 e. The molecule has 4 nitrogen and oxygen atoms in total. The van der Waals surface area contributed by atoms with E-state index in [2.05, 4.69) is 0 Å². The summed E-state index contributed by atoms with van der Waals surface area (Å²) in [6, 6.07) is 3.30. The van der Waals surface area contributed by atoms with E-state index in [-0.39, 0.29) is 18.0 Å². The lowest BCUT2D eigenvalue weighted by atomic mass is 10.2. The van der Waals surface area contributed by atoms with Gasteiger partial charge < -0.3 is 9.67 Å². The number of hydrogen-bond acceptors (Lipinski definition) is 2. The number of rotatable bonds is 3. The van der Waals surface area contributed by atoms with Crippen LogP contribution in [0.5, 0.6) is 0 Å². The van der Waals surface area contributed by atoms with Gasteiger partial charge in [0, 0.05) is 17.8 Å². The van der Waals surface area contributed by atoms with Crippen molar-refractivity contribution >= 4 is 5.97 Å². The zero-order valence-electron chi connectivity index (χ0n) is 8.23. The van der Waals surface area contributed by atoms with Crippen molar-refractivity contribution in [3.63, 3.8) is 0 Å². The lowest BCUT2D eigenvalue weighted by molar-refractivity contribution is -0.136. The van der Waals surface area contributed by atoms with Gasteiger partial charge in [0.1, 0.15) is 0 Å². The number of nitrogens with zero attached hydrogens (tertiary/aromatic N) is 1. The molecule has 0 fully saturated rings. The van der Waals surface area contributed by atoms with Crippen LogP contribution >= 0.6 is 0 Å². The van der Waals surface area contributed by atoms with E-state index in [1.54, 1.807) is 18.3 Å². The quantitative estimate of drug-likeness (QED) is 0.784. The third kappa shape index (κ3) is 2.22. The monoisotopic (exact) mass is 195 g/mol. The van der Waals surface area contributed by atoms with Crippen LogP contribution in [-0.2, 0) is 11.2 Å². The summed E-state index contributed by atoms with van der Waals surface area (Å²) in [6.45, 7) is 3.76. The second-order valence-electron chi connectivity index (χ2n) is 3.41. The molecule has 1 N–H and O–H groups in total. The number of carboxylic acid groups (broad SMARTS) is 1. The Labute approximate surface area is 81.8 Å². The number of pyridine rings is 1. The van der Waals surface area contributed by atoms with Crippen LogP contribution in [0.15, 0.2) is 23.1 Å². The van der Waals surface area contributed by atoms with E-state index >= 15 is 0 Å². The number of carbonyl (C=O) groups is 1. The summed E-state index contributed by atoms with van der Waals surface area (Å²) in [5.41, 5.74) is 0.110. The molecule has 0 aliphatic heterocycles. The highest BCUT2D eigenvalue weighted by atomic mass is 16.4. The molecular weight excluding hydrogens is 182 g/mol. The van der Waals surface area contributed by atoms with Crippen LogP contribution in [0, 0.1) is 0 Å². The van der Waals surface area contributed by atoms with E-state index in [4.69, 9.17) is 5.11 Å². The van der Waals surface area contributed by atoms with E-state index in [0.717, 1.165) is 0 Å². The molecule has 1 rings (SSSR count). The highest BCUT2D eigenvalue weighted by Crippen LogP contribution is 2.01. The van der Waals surface area contributed by atoms with Crippen LogP contribution in [0.4, 0.5) is 0 Å². The fraction of sp³-hybridized carbons (Fsp3) is 0.400. The highest BCUT2D eigenvalue weighted by molar-refractivity contribution is 5.69. The Bertz CT molecular complexity index is 393. The molecule has 0 saturated carbocycles. The first-order valence-electron chi connectivity index (χ1n) is 4.44. The average Bonchev–Trinajstić information content (AvgIpc) is 2.07. The Kier molecular flexibility index (Phi) is 3.06. The molecule has 0 aliphatic carbocycles. The second kappa shape index (κ2) is 4.09. The second-order valence-corrected chi connectivity index (χ2v) is 3.41. The van der Waals surface area contributed by atoms with E-state index < -0.39 is 5.97 Å². The maximum Gasteiger partial charge on any atom is 0.308 e. The van der Waals surface area contributed by atoms with Crippen LogP contribution < -0.4 is 5.56 Å². The Hall–Kier alpha value is -1.58. The number of aliphatic carboxylic acids is 1. The van der Waals surface area contributed by atoms with Gasteiger partial charge in [-0.25, -0.2) is 0 Å². The summed E-state index contributed by atoms with van der Waals surface area (Å²) >= 11 is 0. The fourth-order valence-corrected chi connectivity index (χ4v) is 1.26. The van der Waals surface area contributed by atoms with Crippen LogP contribution in [-0.4, -0.2) is 15.6 Å². The van der Waals surface area contributed by atoms with Crippen molar-refractivity contribution < 1.29 is 9.90 Å². The van der Waals surface area contributed by atoms with Gasteiger partial charge in [0.15, 0.2) is 0 Å². The molecule has 0 aromatic carbocycles. The standard InChI is InChI=1S/C10H13NO3/c1-7(2)11-5-3-4-8(10(11)14)6-9(12)13/h3-5,7H,6H2,1-2H3,(H,12,13). The van der Waals surface area contributed by atoms with Crippen molar-refractivity contribution in [1.29, 1.82) is 0 Å². The van der Waals surface area contributed by atoms with E-state index in [1.807, 2.05) is 13.8 Å². The summed E-state index contributed by atoms with van der Waals surface area (Å²) in [4.78, 5) is 22.1. The predicted octanol–water partition coefficient (Wildman–Crippen LogP) is 1.06. The van der Waals surface area contributed by atoms with Crippen LogP contribution in [0.25, 0.3) is 0 Å². The van der Waals surface area contributed by atoms with Gasteiger partial charge in [-0.05, 0) is 19.9 Å². The minimum atomic E-state index is -0.983. The molecule has 1 aromatic rings. The van der Waals surface area contributed by atoms with Crippen LogP contribution in [0.1, 0.15) is 25.5 Å². The Morgan fingerprint density at radius 3 is 2.71 bits per heavy atom. The van der Waals surface area contributed by atoms with Gasteiger partial charge in [-0.15, -0.1) is 0 Å². The molecule has 0 unspecified atom stereocenters. The molecule has 76 valence electrons. The van der Waals surface area contributed by atoms with Crippen molar-refractivity contribution in [1.82, 2.24) is 4.57 Å². The van der Waals surface area contributed by atoms with E-state index in [1.165, 1.54) is 4.57 Å². The minimum absolute atomic E-state index is 0.0521. The van der Waals surface area contributed by atoms with Crippen molar-refractivity contribution in [3.05, 3.63) is 34.2 Å². The van der Waals surface area contributed by atoms with Crippen molar-refractivity contribution in [2.24, 2.45) is 0 Å². The first kappa shape index (κ1) is 10.5. The molecule has 0 amide bonds. The van der Waals surface area contributed by atoms with Crippen molar-refractivity contribution in [2.45, 2.75) is 26.3 Å². The van der Waals surface area contributed by atoms with Gasteiger partial charge in [-0.1, -0.05) is 6.07 Å². The fourth-order valence-electron chi connectivity index (χ4n) is 1.26. The van der Waals surface area contributed by atoms with E-state index in [9.17, 15) is 9.59 Å². The smallest absolute Gasteiger partial charge is 0.308 e. The molecule has 14 heavy (non-hydrogen) atoms. The maximum absolute atomic E-state index is 11.6. The number of hydrogen-bond donors (Lipinski definition) is 1. The topological polar surface area (TPSA) is 59.3 Å². The van der Waals surface area contributed by atoms with Crippen molar-refractivity contribution in [2.75, 3.05) is 0 Å². The van der Waals surface area contributed by atoms with Gasteiger partial charge >= 0.3 is 5.97 Å². The van der Waals surface area contributed by atoms with Gasteiger partial charge in [0.2, 0.25) is 0 Å². The molecule has 4 heteroatoms. The third-order valence-electron chi connectivity index (χ3n) is 1.95. The predicted molar refractivity (Wildman–Crippen MR) is 52.4 cm³/mol. The van der Waals surface area contributed by atoms with Gasteiger partial charge in [-0.2, -0.15) is 0 Å². The van der Waals surface area contributed by atoms with E-state index in [0.29, 0.717) is 5.56 Å². The Balaban J connectivity index is 3.14. The van der Waals surface area contributed by atoms with Gasteiger partial charge in [0.05, 0.1) is 6.42 Å². The summed E-state index contributed by atoms with van der Waals surface area (Å²) in [5, 5.41) is 8.57. The highest BCUT2D eigenvalue weighted by Gasteiger charge is 2.08. The summed E-state index contributed by atoms with van der Waals surface area (Å²) < 4.78 is 1.53. The summed E-state index contributed by atoms with van der Waals surface area (Å²) in [5.74, 6) is -0.983. The molecule has 0 atom stereocenters. The zero-order chi connectivity index (χ0) is 10.7. The Morgan fingerprint density at radius 2 is 2.21 bits per heavy atom. The summed E-state index contributed by atoms with van der Waals surface area (Å²) in [7, 11) is 0. The van der Waals surface area contributed by atoms with Crippen LogP contribution in [0.2, 0.25) is 0 Å². The maximum atomic E-state index is 11.6. The molecule has 1 heterocycles. The average molecular weight is 195 g/mol. The molecular formula is C10H13NO3. The lowest BCUT2D eigenvalue weighted by Gasteiger charge is -2.10. The lowest BCUT2D eigenvalue weighted by Crippen LogP contribution is -2.25. The van der Waals surface area contributed by atoms with Gasteiger partial charge in [0.25, 0.3) is 5.56 Å². The first-order valence-corrected chi connectivity index (χ1v) is 4.44. The minimum Gasteiger partial charge on any atom is -0.481 e. The SMILES string of the molecule is CC(C)n1cccc(CC(=O)O)c1=O. The number of aromatic nitrogens is 1. The third-order valence-corrected chi connectivity index (χ3v) is 1.95.